The molecule has 7 nitrogen and oxygen atoms in total. The summed E-state index contributed by atoms with van der Waals surface area (Å²) in [6.45, 7) is 2.17. The van der Waals surface area contributed by atoms with Crippen LogP contribution in [0.25, 0.3) is 16.8 Å². The third kappa shape index (κ3) is 4.24. The number of aromatic nitrogens is 3. The number of rotatable bonds is 5. The molecule has 2 aromatic heterocycles. The van der Waals surface area contributed by atoms with Crippen molar-refractivity contribution in [1.82, 2.24) is 19.9 Å². The average Bonchev–Trinajstić information content (AvgIpc) is 3.23. The Labute approximate surface area is 187 Å². The quantitative estimate of drug-likeness (QED) is 0.481. The van der Waals surface area contributed by atoms with Gasteiger partial charge >= 0.3 is 0 Å². The lowest BCUT2D eigenvalue weighted by Crippen LogP contribution is -2.26. The Morgan fingerprint density at radius 1 is 0.969 bits per heavy atom. The maximum absolute atomic E-state index is 11.7. The molecule has 0 bridgehead atoms. The summed E-state index contributed by atoms with van der Waals surface area (Å²) >= 11 is 0. The molecule has 164 valence electrons. The van der Waals surface area contributed by atoms with Gasteiger partial charge in [0.2, 0.25) is 5.95 Å². The topological polar surface area (TPSA) is 88.4 Å². The summed E-state index contributed by atoms with van der Waals surface area (Å²) in [4.78, 5) is 4.67. The molecule has 2 aromatic carbocycles. The van der Waals surface area contributed by atoms with E-state index < -0.39 is 9.84 Å². The second-order valence-corrected chi connectivity index (χ2v) is 10.2. The SMILES string of the molecule is CS(=O)(=O)c1ccc(Nc2ncc3ccc(-c4ccc(C5CCNCC5)cc4)n3n2)cc1. The summed E-state index contributed by atoms with van der Waals surface area (Å²) in [6.07, 6.45) is 5.33. The van der Waals surface area contributed by atoms with Crippen LogP contribution in [-0.2, 0) is 9.84 Å². The Hall–Kier alpha value is -3.23. The largest absolute Gasteiger partial charge is 0.323 e. The van der Waals surface area contributed by atoms with E-state index in [1.807, 2.05) is 16.6 Å². The van der Waals surface area contributed by atoms with Crippen LogP contribution in [0.1, 0.15) is 24.3 Å². The number of nitrogens with zero attached hydrogens (tertiary/aromatic N) is 3. The molecule has 0 atom stereocenters. The number of nitrogens with one attached hydrogen (secondary N) is 2. The highest BCUT2D eigenvalue weighted by Crippen LogP contribution is 2.28. The van der Waals surface area contributed by atoms with Gasteiger partial charge in [-0.3, -0.25) is 0 Å². The number of benzene rings is 2. The molecule has 0 unspecified atom stereocenters. The Morgan fingerprint density at radius 3 is 2.38 bits per heavy atom. The van der Waals surface area contributed by atoms with Crippen LogP contribution < -0.4 is 10.6 Å². The van der Waals surface area contributed by atoms with Crippen molar-refractivity contribution < 1.29 is 8.42 Å². The van der Waals surface area contributed by atoms with Gasteiger partial charge in [0.1, 0.15) is 0 Å². The normalized spacial score (nSPS) is 15.2. The van der Waals surface area contributed by atoms with E-state index in [9.17, 15) is 8.42 Å². The standard InChI is InChI=1S/C24H25N5O2S/c1-32(30,31)22-9-6-20(7-10-22)27-24-26-16-21-8-11-23(29(21)28-24)19-4-2-17(3-5-19)18-12-14-25-15-13-18/h2-11,16,18,25H,12-15H2,1H3,(H,27,28). The van der Waals surface area contributed by atoms with E-state index in [2.05, 4.69) is 45.0 Å². The molecule has 0 aliphatic carbocycles. The van der Waals surface area contributed by atoms with Crippen molar-refractivity contribution in [3.8, 4) is 11.3 Å². The van der Waals surface area contributed by atoms with E-state index in [0.29, 0.717) is 11.9 Å². The Morgan fingerprint density at radius 2 is 1.69 bits per heavy atom. The summed E-state index contributed by atoms with van der Waals surface area (Å²) in [6, 6.07) is 19.4. The molecule has 0 spiro atoms. The Bertz CT molecular complexity index is 1340. The highest BCUT2D eigenvalue weighted by Gasteiger charge is 2.15. The van der Waals surface area contributed by atoms with E-state index in [1.54, 1.807) is 30.5 Å². The molecule has 1 aliphatic heterocycles. The number of anilines is 2. The third-order valence-electron chi connectivity index (χ3n) is 5.95. The van der Waals surface area contributed by atoms with Crippen molar-refractivity contribution in [2.45, 2.75) is 23.7 Å². The Balaban J connectivity index is 1.40. The first-order valence-electron chi connectivity index (χ1n) is 10.7. The van der Waals surface area contributed by atoms with E-state index >= 15 is 0 Å². The number of sulfone groups is 1. The number of piperidine rings is 1. The second-order valence-electron chi connectivity index (χ2n) is 8.20. The molecule has 1 saturated heterocycles. The molecule has 0 radical (unpaired) electrons. The van der Waals surface area contributed by atoms with Crippen LogP contribution in [0.15, 0.2) is 71.8 Å². The molecule has 1 aliphatic rings. The van der Waals surface area contributed by atoms with Gasteiger partial charge in [-0.2, -0.15) is 0 Å². The molecular weight excluding hydrogens is 422 g/mol. The van der Waals surface area contributed by atoms with Gasteiger partial charge in [-0.05, 0) is 73.8 Å². The molecule has 5 rings (SSSR count). The zero-order valence-electron chi connectivity index (χ0n) is 17.8. The minimum absolute atomic E-state index is 0.278. The fourth-order valence-electron chi connectivity index (χ4n) is 4.17. The van der Waals surface area contributed by atoms with Crippen LogP contribution in [0.4, 0.5) is 11.6 Å². The minimum atomic E-state index is -3.23. The lowest BCUT2D eigenvalue weighted by Gasteiger charge is -2.23. The molecule has 4 aromatic rings. The van der Waals surface area contributed by atoms with Gasteiger partial charge in [0.15, 0.2) is 9.84 Å². The predicted octanol–water partition coefficient (Wildman–Crippen LogP) is 4.01. The summed E-state index contributed by atoms with van der Waals surface area (Å²) in [7, 11) is -3.23. The van der Waals surface area contributed by atoms with Crippen molar-refractivity contribution >= 4 is 27.0 Å². The van der Waals surface area contributed by atoms with Crippen LogP contribution in [0.5, 0.6) is 0 Å². The van der Waals surface area contributed by atoms with E-state index in [1.165, 1.54) is 24.7 Å². The molecular formula is C24H25N5O2S. The molecule has 2 N–H and O–H groups in total. The van der Waals surface area contributed by atoms with E-state index in [0.717, 1.165) is 35.6 Å². The molecule has 3 heterocycles. The van der Waals surface area contributed by atoms with Gasteiger partial charge in [0.05, 0.1) is 22.3 Å². The zero-order chi connectivity index (χ0) is 22.1. The van der Waals surface area contributed by atoms with Crippen molar-refractivity contribution in [2.24, 2.45) is 0 Å². The molecule has 8 heteroatoms. The first-order valence-corrected chi connectivity index (χ1v) is 12.6. The Kier molecular flexibility index (Phi) is 5.40. The summed E-state index contributed by atoms with van der Waals surface area (Å²) < 4.78 is 25.2. The van der Waals surface area contributed by atoms with Gasteiger partial charge < -0.3 is 10.6 Å². The van der Waals surface area contributed by atoms with Crippen molar-refractivity contribution in [2.75, 3.05) is 24.7 Å². The maximum atomic E-state index is 11.7. The highest BCUT2D eigenvalue weighted by atomic mass is 32.2. The van der Waals surface area contributed by atoms with Crippen molar-refractivity contribution in [1.29, 1.82) is 0 Å². The zero-order valence-corrected chi connectivity index (χ0v) is 18.6. The van der Waals surface area contributed by atoms with E-state index in [-0.39, 0.29) is 4.90 Å². The summed E-state index contributed by atoms with van der Waals surface area (Å²) in [5.74, 6) is 1.06. The van der Waals surface area contributed by atoms with Crippen LogP contribution in [0, 0.1) is 0 Å². The van der Waals surface area contributed by atoms with Gasteiger partial charge in [-0.15, -0.1) is 5.10 Å². The lowest BCUT2D eigenvalue weighted by atomic mass is 9.89. The molecule has 32 heavy (non-hydrogen) atoms. The number of hydrogen-bond acceptors (Lipinski definition) is 6. The first-order chi connectivity index (χ1) is 15.5. The van der Waals surface area contributed by atoms with Crippen molar-refractivity contribution in [3.63, 3.8) is 0 Å². The first kappa shape index (κ1) is 20.7. The monoisotopic (exact) mass is 447 g/mol. The minimum Gasteiger partial charge on any atom is -0.323 e. The van der Waals surface area contributed by atoms with Crippen LogP contribution in [0.3, 0.4) is 0 Å². The second kappa shape index (κ2) is 8.37. The van der Waals surface area contributed by atoms with Gasteiger partial charge in [0, 0.05) is 17.5 Å². The molecule has 0 amide bonds. The summed E-state index contributed by atoms with van der Waals surface area (Å²) in [5.41, 5.74) is 5.11. The predicted molar refractivity (Wildman–Crippen MR) is 126 cm³/mol. The average molecular weight is 448 g/mol. The summed E-state index contributed by atoms with van der Waals surface area (Å²) in [5, 5.41) is 11.2. The van der Waals surface area contributed by atoms with Gasteiger partial charge in [0.25, 0.3) is 0 Å². The fourth-order valence-corrected chi connectivity index (χ4v) is 4.80. The molecule has 0 saturated carbocycles. The van der Waals surface area contributed by atoms with Crippen molar-refractivity contribution in [3.05, 3.63) is 72.4 Å². The van der Waals surface area contributed by atoms with Crippen LogP contribution >= 0.6 is 0 Å². The van der Waals surface area contributed by atoms with Crippen LogP contribution in [0.2, 0.25) is 0 Å². The van der Waals surface area contributed by atoms with Gasteiger partial charge in [-0.25, -0.2) is 17.9 Å². The number of hydrogen-bond donors (Lipinski definition) is 2. The lowest BCUT2D eigenvalue weighted by molar-refractivity contribution is 0.460. The smallest absolute Gasteiger partial charge is 0.245 e. The maximum Gasteiger partial charge on any atom is 0.245 e. The van der Waals surface area contributed by atoms with Gasteiger partial charge in [-0.1, -0.05) is 24.3 Å². The van der Waals surface area contributed by atoms with Crippen LogP contribution in [-0.4, -0.2) is 42.4 Å². The fraction of sp³-hybridized carbons (Fsp3) is 0.250. The molecule has 1 fully saturated rings. The van der Waals surface area contributed by atoms with E-state index in [4.69, 9.17) is 0 Å². The highest BCUT2D eigenvalue weighted by molar-refractivity contribution is 7.90. The number of fused-ring (bicyclic) bond motifs is 1. The third-order valence-corrected chi connectivity index (χ3v) is 7.08.